The quantitative estimate of drug-likeness (QED) is 0.330. The Morgan fingerprint density at radius 1 is 1.00 bits per heavy atom. The third-order valence-electron chi connectivity index (χ3n) is 2.10. The number of likely N-dealkylation sites (N-methyl/N-ethyl adjacent to an activating group) is 1. The molecule has 0 heterocycles. The van der Waals surface area contributed by atoms with Crippen LogP contribution in [0.2, 0.25) is 0 Å². The van der Waals surface area contributed by atoms with Crippen molar-refractivity contribution in [2.75, 3.05) is 6.54 Å². The van der Waals surface area contributed by atoms with Crippen molar-refractivity contribution in [3.63, 3.8) is 0 Å². The summed E-state index contributed by atoms with van der Waals surface area (Å²) in [5, 5.41) is 37.0. The zero-order chi connectivity index (χ0) is 13.8. The summed E-state index contributed by atoms with van der Waals surface area (Å²) in [5.41, 5.74) is -3.47. The van der Waals surface area contributed by atoms with Gasteiger partial charge in [-0.1, -0.05) is 6.92 Å². The summed E-state index contributed by atoms with van der Waals surface area (Å²) in [6.45, 7) is 1.28. The van der Waals surface area contributed by atoms with Gasteiger partial charge in [0, 0.05) is 0 Å². The first kappa shape index (κ1) is 14.8. The van der Waals surface area contributed by atoms with Crippen molar-refractivity contribution < 1.29 is 39.6 Å². The van der Waals surface area contributed by atoms with Crippen molar-refractivity contribution in [2.24, 2.45) is 5.41 Å². The van der Waals surface area contributed by atoms with Gasteiger partial charge in [-0.3, -0.25) is 19.2 Å². The fourth-order valence-electron chi connectivity index (χ4n) is 1.27. The Morgan fingerprint density at radius 2 is 1.35 bits per heavy atom. The summed E-state index contributed by atoms with van der Waals surface area (Å²) < 4.78 is 0. The molecule has 0 fully saturated rings. The lowest BCUT2D eigenvalue weighted by Crippen LogP contribution is -2.62. The van der Waals surface area contributed by atoms with Gasteiger partial charge < -0.3 is 25.7 Å². The summed E-state index contributed by atoms with van der Waals surface area (Å²) in [6, 6.07) is -2.28. The van der Waals surface area contributed by atoms with Gasteiger partial charge in [-0.2, -0.15) is 0 Å². The number of hydrogen-bond donors (Lipinski definition) is 5. The van der Waals surface area contributed by atoms with Crippen LogP contribution in [0.1, 0.15) is 6.92 Å². The summed E-state index contributed by atoms with van der Waals surface area (Å²) in [7, 11) is 0. The third kappa shape index (κ3) is 2.33. The van der Waals surface area contributed by atoms with Gasteiger partial charge in [0.15, 0.2) is 0 Å². The van der Waals surface area contributed by atoms with Gasteiger partial charge in [0.2, 0.25) is 0 Å². The molecule has 0 amide bonds. The molecule has 0 rings (SSSR count). The fourth-order valence-corrected chi connectivity index (χ4v) is 1.27. The highest BCUT2D eigenvalue weighted by molar-refractivity contribution is 6.19. The molecule has 5 N–H and O–H groups in total. The number of carbonyl (C=O) groups is 4. The summed E-state index contributed by atoms with van der Waals surface area (Å²) in [5.74, 6) is -8.65. The molecule has 0 aromatic rings. The molecule has 0 aliphatic heterocycles. The van der Waals surface area contributed by atoms with Gasteiger partial charge >= 0.3 is 23.9 Å². The van der Waals surface area contributed by atoms with E-state index in [9.17, 15) is 19.2 Å². The average Bonchev–Trinajstić information content (AvgIpc) is 2.15. The molecule has 0 aromatic carbocycles. The molecule has 0 aliphatic carbocycles. The molecule has 0 saturated carbocycles. The molecule has 96 valence electrons. The molecule has 0 aliphatic rings. The van der Waals surface area contributed by atoms with Crippen molar-refractivity contribution >= 4 is 23.9 Å². The number of carboxylic acid groups (broad SMARTS) is 4. The Hall–Kier alpha value is -2.16. The molecule has 9 heteroatoms. The fraction of sp³-hybridized carbons (Fsp3) is 0.500. The predicted octanol–water partition coefficient (Wildman–Crippen LogP) is -1.71. The number of nitrogens with one attached hydrogen (secondary N) is 1. The second-order valence-electron chi connectivity index (χ2n) is 3.05. The maximum atomic E-state index is 10.9. The average molecular weight is 249 g/mol. The van der Waals surface area contributed by atoms with Crippen LogP contribution in [-0.4, -0.2) is 56.9 Å². The molecule has 0 saturated heterocycles. The van der Waals surface area contributed by atoms with E-state index in [1.807, 2.05) is 5.32 Å². The lowest BCUT2D eigenvalue weighted by molar-refractivity contribution is -0.182. The van der Waals surface area contributed by atoms with E-state index in [1.165, 1.54) is 6.92 Å². The smallest absolute Gasteiger partial charge is 0.335 e. The number of hydrogen-bond acceptors (Lipinski definition) is 5. The van der Waals surface area contributed by atoms with Crippen LogP contribution in [-0.2, 0) is 19.2 Å². The zero-order valence-electron chi connectivity index (χ0n) is 8.71. The van der Waals surface area contributed by atoms with Gasteiger partial charge in [-0.15, -0.1) is 0 Å². The minimum Gasteiger partial charge on any atom is -0.480 e. The first-order valence-corrected chi connectivity index (χ1v) is 4.39. The highest BCUT2D eigenvalue weighted by Crippen LogP contribution is 2.24. The van der Waals surface area contributed by atoms with Gasteiger partial charge in [0.1, 0.15) is 6.04 Å². The molecular formula is C8H11NO8. The maximum Gasteiger partial charge on any atom is 0.335 e. The minimum absolute atomic E-state index is 0.105. The molecular weight excluding hydrogens is 238 g/mol. The molecule has 0 spiro atoms. The van der Waals surface area contributed by atoms with Crippen molar-refractivity contribution in [3.05, 3.63) is 0 Å². The summed E-state index contributed by atoms with van der Waals surface area (Å²) in [6.07, 6.45) is 0. The first-order valence-electron chi connectivity index (χ1n) is 4.39. The number of rotatable bonds is 7. The van der Waals surface area contributed by atoms with E-state index in [1.54, 1.807) is 0 Å². The highest BCUT2D eigenvalue weighted by Gasteiger charge is 2.63. The normalized spacial score (nSPS) is 12.8. The topological polar surface area (TPSA) is 161 Å². The van der Waals surface area contributed by atoms with E-state index >= 15 is 0 Å². The minimum atomic E-state index is -3.47. The Labute approximate surface area is 94.7 Å². The summed E-state index contributed by atoms with van der Waals surface area (Å²) in [4.78, 5) is 43.4. The SMILES string of the molecule is CCN[C@H](C(=O)O)C(C(=O)O)(C(=O)O)C(=O)O. The van der Waals surface area contributed by atoms with E-state index in [4.69, 9.17) is 20.4 Å². The third-order valence-corrected chi connectivity index (χ3v) is 2.10. The van der Waals surface area contributed by atoms with Crippen molar-refractivity contribution in [1.82, 2.24) is 5.32 Å². The van der Waals surface area contributed by atoms with Gasteiger partial charge in [0.25, 0.3) is 5.41 Å². The van der Waals surface area contributed by atoms with Gasteiger partial charge in [-0.05, 0) is 6.54 Å². The van der Waals surface area contributed by atoms with Gasteiger partial charge in [-0.25, -0.2) is 0 Å². The van der Waals surface area contributed by atoms with Crippen LogP contribution >= 0.6 is 0 Å². The Balaban J connectivity index is 5.87. The van der Waals surface area contributed by atoms with Crippen LogP contribution < -0.4 is 5.32 Å². The molecule has 0 aromatic heterocycles. The van der Waals surface area contributed by atoms with Crippen LogP contribution in [0.4, 0.5) is 0 Å². The standard InChI is InChI=1S/C8H11NO8/c1-2-9-3(4(10)11)8(5(12)13,6(14)15)7(16)17/h3,9H,2H2,1H3,(H,10,11)(H,12,13)(H,14,15)(H,16,17)/t3-/m1/s1. The molecule has 17 heavy (non-hydrogen) atoms. The van der Waals surface area contributed by atoms with Gasteiger partial charge in [0.05, 0.1) is 0 Å². The predicted molar refractivity (Wildman–Crippen MR) is 50.4 cm³/mol. The van der Waals surface area contributed by atoms with Crippen molar-refractivity contribution in [2.45, 2.75) is 13.0 Å². The van der Waals surface area contributed by atoms with E-state index in [0.717, 1.165) is 0 Å². The van der Waals surface area contributed by atoms with Crippen LogP contribution in [0, 0.1) is 5.41 Å². The van der Waals surface area contributed by atoms with Crippen LogP contribution in [0.15, 0.2) is 0 Å². The van der Waals surface area contributed by atoms with E-state index in [-0.39, 0.29) is 6.54 Å². The second kappa shape index (κ2) is 5.25. The van der Waals surface area contributed by atoms with Crippen molar-refractivity contribution in [1.29, 1.82) is 0 Å². The van der Waals surface area contributed by atoms with E-state index in [2.05, 4.69) is 0 Å². The maximum absolute atomic E-state index is 10.9. The molecule has 0 bridgehead atoms. The van der Waals surface area contributed by atoms with Crippen LogP contribution in [0.3, 0.4) is 0 Å². The molecule has 0 radical (unpaired) electrons. The van der Waals surface area contributed by atoms with Crippen molar-refractivity contribution in [3.8, 4) is 0 Å². The number of aliphatic carboxylic acids is 4. The zero-order valence-corrected chi connectivity index (χ0v) is 8.71. The summed E-state index contributed by atoms with van der Waals surface area (Å²) >= 11 is 0. The van der Waals surface area contributed by atoms with Crippen LogP contribution in [0.5, 0.6) is 0 Å². The Bertz CT molecular complexity index is 326. The molecule has 1 atom stereocenters. The molecule has 9 nitrogen and oxygen atoms in total. The monoisotopic (exact) mass is 249 g/mol. The largest absolute Gasteiger partial charge is 0.480 e. The van der Waals surface area contributed by atoms with Crippen LogP contribution in [0.25, 0.3) is 0 Å². The number of carboxylic acids is 4. The lowest BCUT2D eigenvalue weighted by atomic mass is 9.80. The first-order chi connectivity index (χ1) is 7.72. The van der Waals surface area contributed by atoms with E-state index in [0.29, 0.717) is 0 Å². The lowest BCUT2D eigenvalue weighted by Gasteiger charge is -2.26. The Morgan fingerprint density at radius 3 is 1.53 bits per heavy atom. The highest BCUT2D eigenvalue weighted by atomic mass is 16.4. The Kier molecular flexibility index (Phi) is 4.59. The van der Waals surface area contributed by atoms with E-state index < -0.39 is 35.3 Å². The molecule has 0 unspecified atom stereocenters. The second-order valence-corrected chi connectivity index (χ2v) is 3.05.